The fourth-order valence-corrected chi connectivity index (χ4v) is 2.84. The highest BCUT2D eigenvalue weighted by molar-refractivity contribution is 5.38. The molecule has 0 aliphatic heterocycles. The van der Waals surface area contributed by atoms with Gasteiger partial charge in [0, 0.05) is 25.2 Å². The minimum atomic E-state index is -0.118. The molecule has 1 aromatic heterocycles. The number of hydrogen-bond acceptors (Lipinski definition) is 6. The number of hydrogen-bond donors (Lipinski definition) is 4. The van der Waals surface area contributed by atoms with E-state index in [1.807, 2.05) is 6.07 Å². The zero-order valence-corrected chi connectivity index (χ0v) is 15.5. The highest BCUT2D eigenvalue weighted by atomic mass is 16.3. The molecule has 1 saturated carbocycles. The molecule has 1 unspecified atom stereocenters. The number of rotatable bonds is 6. The van der Waals surface area contributed by atoms with Crippen molar-refractivity contribution >= 4 is 11.8 Å². The highest BCUT2D eigenvalue weighted by Crippen LogP contribution is 2.24. The maximum Gasteiger partial charge on any atom is 0.224 e. The van der Waals surface area contributed by atoms with Gasteiger partial charge in [0.25, 0.3) is 0 Å². The van der Waals surface area contributed by atoms with Crippen molar-refractivity contribution in [3.63, 3.8) is 0 Å². The van der Waals surface area contributed by atoms with Crippen molar-refractivity contribution in [3.05, 3.63) is 11.8 Å². The summed E-state index contributed by atoms with van der Waals surface area (Å²) in [5, 5.41) is 16.4. The minimum absolute atomic E-state index is 0.118. The predicted octanol–water partition coefficient (Wildman–Crippen LogP) is 2.55. The van der Waals surface area contributed by atoms with Gasteiger partial charge in [0.1, 0.15) is 5.82 Å². The lowest BCUT2D eigenvalue weighted by Crippen LogP contribution is -2.37. The third-order valence-corrected chi connectivity index (χ3v) is 5.05. The van der Waals surface area contributed by atoms with Crippen LogP contribution < -0.4 is 16.4 Å². The zero-order chi connectivity index (χ0) is 17.7. The molecule has 0 amide bonds. The van der Waals surface area contributed by atoms with E-state index in [-0.39, 0.29) is 11.5 Å². The first-order valence-electron chi connectivity index (χ1n) is 9.03. The third kappa shape index (κ3) is 5.91. The molecule has 0 spiro atoms. The van der Waals surface area contributed by atoms with Crippen LogP contribution in [0.2, 0.25) is 0 Å². The summed E-state index contributed by atoms with van der Waals surface area (Å²) in [5.41, 5.74) is 7.03. The zero-order valence-electron chi connectivity index (χ0n) is 15.5. The van der Waals surface area contributed by atoms with E-state index in [1.165, 1.54) is 0 Å². The van der Waals surface area contributed by atoms with Crippen molar-refractivity contribution in [2.45, 2.75) is 72.1 Å². The lowest BCUT2D eigenvalue weighted by atomic mass is 9.87. The fraction of sp³-hybridized carbons (Fsp3) is 0.778. The van der Waals surface area contributed by atoms with Crippen LogP contribution in [0.4, 0.5) is 11.8 Å². The second-order valence-electron chi connectivity index (χ2n) is 8.13. The van der Waals surface area contributed by atoms with Crippen molar-refractivity contribution in [1.29, 1.82) is 0 Å². The molecule has 2 rings (SSSR count). The molecule has 0 bridgehead atoms. The van der Waals surface area contributed by atoms with Gasteiger partial charge in [0.05, 0.1) is 11.8 Å². The van der Waals surface area contributed by atoms with Gasteiger partial charge < -0.3 is 21.5 Å². The first-order valence-corrected chi connectivity index (χ1v) is 9.03. The Labute approximate surface area is 145 Å². The number of nitrogens with zero attached hydrogens (tertiary/aromatic N) is 2. The number of aliphatic hydroxyl groups excluding tert-OH is 1. The molecule has 1 aromatic rings. The summed E-state index contributed by atoms with van der Waals surface area (Å²) in [5.74, 6) is 1.66. The summed E-state index contributed by atoms with van der Waals surface area (Å²) in [6.45, 7) is 10.3. The number of nitrogen functional groups attached to an aromatic ring is 1. The largest absolute Gasteiger partial charge is 0.393 e. The molecule has 1 aliphatic rings. The van der Waals surface area contributed by atoms with Crippen molar-refractivity contribution in [1.82, 2.24) is 15.3 Å². The Morgan fingerprint density at radius 2 is 1.92 bits per heavy atom. The molecule has 24 heavy (non-hydrogen) atoms. The summed E-state index contributed by atoms with van der Waals surface area (Å²) in [4.78, 5) is 8.86. The van der Waals surface area contributed by atoms with E-state index >= 15 is 0 Å². The molecule has 6 nitrogen and oxygen atoms in total. The van der Waals surface area contributed by atoms with Crippen LogP contribution >= 0.6 is 0 Å². The standard InChI is InChI=1S/C18H33N5O/c1-12(18(2,3)4)20-11-14-9-16(19)23-17(22-14)21-10-13-5-7-15(24)8-6-13/h9,12-13,15,20,24H,5-8,10-11H2,1-4H3,(H3,19,21,22,23). The van der Waals surface area contributed by atoms with Crippen LogP contribution in [0, 0.1) is 11.3 Å². The molecule has 6 heteroatoms. The van der Waals surface area contributed by atoms with Gasteiger partial charge in [0.15, 0.2) is 0 Å². The Balaban J connectivity index is 1.88. The molecule has 0 saturated heterocycles. The number of anilines is 2. The molecular weight excluding hydrogens is 302 g/mol. The van der Waals surface area contributed by atoms with Crippen LogP contribution in [0.3, 0.4) is 0 Å². The van der Waals surface area contributed by atoms with Gasteiger partial charge in [-0.1, -0.05) is 20.8 Å². The van der Waals surface area contributed by atoms with E-state index in [2.05, 4.69) is 48.3 Å². The Kier molecular flexibility index (Phi) is 6.40. The molecule has 1 aliphatic carbocycles. The van der Waals surface area contributed by atoms with Gasteiger partial charge in [0.2, 0.25) is 5.95 Å². The Hall–Kier alpha value is -1.40. The molecule has 0 radical (unpaired) electrons. The van der Waals surface area contributed by atoms with Gasteiger partial charge >= 0.3 is 0 Å². The Bertz CT molecular complexity index is 521. The summed E-state index contributed by atoms with van der Waals surface area (Å²) >= 11 is 0. The van der Waals surface area contributed by atoms with Gasteiger partial charge in [-0.2, -0.15) is 4.98 Å². The molecule has 136 valence electrons. The predicted molar refractivity (Wildman–Crippen MR) is 98.7 cm³/mol. The van der Waals surface area contributed by atoms with Gasteiger partial charge in [-0.3, -0.25) is 0 Å². The average Bonchev–Trinajstić information content (AvgIpc) is 2.50. The lowest BCUT2D eigenvalue weighted by Gasteiger charge is -2.28. The second kappa shape index (κ2) is 8.12. The Morgan fingerprint density at radius 3 is 2.54 bits per heavy atom. The van der Waals surface area contributed by atoms with Crippen LogP contribution in [0.25, 0.3) is 0 Å². The SMILES string of the molecule is CC(NCc1cc(N)nc(NCC2CCC(O)CC2)n1)C(C)(C)C. The molecule has 1 atom stereocenters. The van der Waals surface area contributed by atoms with Crippen molar-refractivity contribution < 1.29 is 5.11 Å². The number of aromatic nitrogens is 2. The van der Waals surface area contributed by atoms with Crippen molar-refractivity contribution in [2.75, 3.05) is 17.6 Å². The van der Waals surface area contributed by atoms with Gasteiger partial charge in [-0.15, -0.1) is 0 Å². The quantitative estimate of drug-likeness (QED) is 0.638. The van der Waals surface area contributed by atoms with E-state index in [4.69, 9.17) is 5.73 Å². The normalized spacial score (nSPS) is 23.0. The lowest BCUT2D eigenvalue weighted by molar-refractivity contribution is 0.111. The van der Waals surface area contributed by atoms with E-state index in [9.17, 15) is 5.11 Å². The van der Waals surface area contributed by atoms with E-state index in [0.29, 0.717) is 30.3 Å². The number of aliphatic hydroxyl groups is 1. The summed E-state index contributed by atoms with van der Waals surface area (Å²) in [7, 11) is 0. The van der Waals surface area contributed by atoms with Gasteiger partial charge in [-0.05, 0) is 43.9 Å². The highest BCUT2D eigenvalue weighted by Gasteiger charge is 2.20. The van der Waals surface area contributed by atoms with Crippen LogP contribution in [0.5, 0.6) is 0 Å². The minimum Gasteiger partial charge on any atom is -0.393 e. The first kappa shape index (κ1) is 18.9. The topological polar surface area (TPSA) is 96.1 Å². The van der Waals surface area contributed by atoms with Crippen LogP contribution in [-0.4, -0.2) is 33.8 Å². The summed E-state index contributed by atoms with van der Waals surface area (Å²) in [6.07, 6.45) is 3.77. The first-order chi connectivity index (χ1) is 11.2. The fourth-order valence-electron chi connectivity index (χ4n) is 2.84. The second-order valence-corrected chi connectivity index (χ2v) is 8.13. The van der Waals surface area contributed by atoms with Crippen molar-refractivity contribution in [3.8, 4) is 0 Å². The molecule has 0 aromatic carbocycles. The van der Waals surface area contributed by atoms with Crippen LogP contribution in [0.1, 0.15) is 59.1 Å². The maximum absolute atomic E-state index is 9.58. The van der Waals surface area contributed by atoms with E-state index in [1.54, 1.807) is 0 Å². The Morgan fingerprint density at radius 1 is 1.25 bits per heavy atom. The van der Waals surface area contributed by atoms with E-state index in [0.717, 1.165) is 37.9 Å². The number of nitrogens with one attached hydrogen (secondary N) is 2. The monoisotopic (exact) mass is 335 g/mol. The maximum atomic E-state index is 9.58. The van der Waals surface area contributed by atoms with Crippen LogP contribution in [-0.2, 0) is 6.54 Å². The third-order valence-electron chi connectivity index (χ3n) is 5.05. The average molecular weight is 335 g/mol. The van der Waals surface area contributed by atoms with Gasteiger partial charge in [-0.25, -0.2) is 4.98 Å². The number of nitrogens with two attached hydrogens (primary N) is 1. The van der Waals surface area contributed by atoms with Crippen molar-refractivity contribution in [2.24, 2.45) is 11.3 Å². The molecule has 1 heterocycles. The summed E-state index contributed by atoms with van der Waals surface area (Å²) in [6, 6.07) is 2.20. The smallest absolute Gasteiger partial charge is 0.224 e. The molecule has 5 N–H and O–H groups in total. The van der Waals surface area contributed by atoms with E-state index < -0.39 is 0 Å². The molecule has 1 fully saturated rings. The molecular formula is C18H33N5O. The summed E-state index contributed by atoms with van der Waals surface area (Å²) < 4.78 is 0. The van der Waals surface area contributed by atoms with Crippen LogP contribution in [0.15, 0.2) is 6.07 Å².